The van der Waals surface area contributed by atoms with Gasteiger partial charge in [0.1, 0.15) is 0 Å². The highest BCUT2D eigenvalue weighted by Crippen LogP contribution is 2.35. The molecule has 5 heteroatoms. The molecule has 92 valence electrons. The second-order valence-electron chi connectivity index (χ2n) is 4.59. The Bertz CT molecular complexity index is 385. The molecule has 0 saturated carbocycles. The third kappa shape index (κ3) is 2.16. The number of nitrogens with two attached hydrogens (primary N) is 1. The molecule has 2 heterocycles. The van der Waals surface area contributed by atoms with Crippen LogP contribution in [-0.2, 0) is 10.2 Å². The molecule has 3 N–H and O–H groups in total. The van der Waals surface area contributed by atoms with Crippen LogP contribution in [0.3, 0.4) is 0 Å². The van der Waals surface area contributed by atoms with Crippen molar-refractivity contribution < 1.29 is 4.79 Å². The van der Waals surface area contributed by atoms with Gasteiger partial charge in [-0.25, -0.2) is 5.84 Å². The number of hydrazine groups is 1. The normalized spacial score (nSPS) is 19.9. The lowest BCUT2D eigenvalue weighted by Gasteiger charge is -2.39. The number of pyridine rings is 1. The third-order valence-electron chi connectivity index (χ3n) is 3.64. The van der Waals surface area contributed by atoms with Crippen molar-refractivity contribution in [3.8, 4) is 0 Å². The predicted molar refractivity (Wildman–Crippen MR) is 65.0 cm³/mol. The first-order valence-electron chi connectivity index (χ1n) is 5.79. The zero-order valence-corrected chi connectivity index (χ0v) is 10.0. The van der Waals surface area contributed by atoms with Crippen LogP contribution in [0, 0.1) is 0 Å². The highest BCUT2D eigenvalue weighted by Gasteiger charge is 2.41. The van der Waals surface area contributed by atoms with Gasteiger partial charge in [-0.15, -0.1) is 0 Å². The molecule has 5 nitrogen and oxygen atoms in total. The van der Waals surface area contributed by atoms with Crippen LogP contribution >= 0.6 is 0 Å². The minimum Gasteiger partial charge on any atom is -0.306 e. The lowest BCUT2D eigenvalue weighted by atomic mass is 9.72. The fourth-order valence-electron chi connectivity index (χ4n) is 2.46. The number of amides is 1. The molecule has 0 aromatic carbocycles. The number of aromatic nitrogens is 1. The van der Waals surface area contributed by atoms with E-state index in [0.717, 1.165) is 31.5 Å². The fourth-order valence-corrected chi connectivity index (χ4v) is 2.46. The van der Waals surface area contributed by atoms with Gasteiger partial charge in [0.15, 0.2) is 0 Å². The largest absolute Gasteiger partial charge is 0.306 e. The molecular weight excluding hydrogens is 216 g/mol. The lowest BCUT2D eigenvalue weighted by molar-refractivity contribution is -0.128. The van der Waals surface area contributed by atoms with Crippen molar-refractivity contribution >= 4 is 5.91 Å². The maximum absolute atomic E-state index is 12.1. The first-order chi connectivity index (χ1) is 8.19. The van der Waals surface area contributed by atoms with E-state index < -0.39 is 5.41 Å². The number of carbonyl (C=O) groups excluding carboxylic acids is 1. The number of hydrogen-bond acceptors (Lipinski definition) is 4. The Morgan fingerprint density at radius 3 is 2.53 bits per heavy atom. The Hall–Kier alpha value is -1.46. The summed E-state index contributed by atoms with van der Waals surface area (Å²) in [5, 5.41) is 0. The molecule has 1 aliphatic rings. The summed E-state index contributed by atoms with van der Waals surface area (Å²) in [4.78, 5) is 18.3. The van der Waals surface area contributed by atoms with E-state index >= 15 is 0 Å². The summed E-state index contributed by atoms with van der Waals surface area (Å²) in [5.41, 5.74) is 2.82. The van der Waals surface area contributed by atoms with E-state index in [-0.39, 0.29) is 5.91 Å². The Labute approximate surface area is 101 Å². The molecule has 2 rings (SSSR count). The van der Waals surface area contributed by atoms with Crippen molar-refractivity contribution in [2.45, 2.75) is 18.3 Å². The maximum Gasteiger partial charge on any atom is 0.244 e. The molecule has 0 aliphatic carbocycles. The Morgan fingerprint density at radius 1 is 1.41 bits per heavy atom. The van der Waals surface area contributed by atoms with Gasteiger partial charge in [-0.05, 0) is 50.7 Å². The summed E-state index contributed by atoms with van der Waals surface area (Å²) in [6, 6.07) is 3.81. The molecule has 1 amide bonds. The van der Waals surface area contributed by atoms with Crippen molar-refractivity contribution in [2.24, 2.45) is 5.84 Å². The van der Waals surface area contributed by atoms with Gasteiger partial charge in [-0.2, -0.15) is 0 Å². The monoisotopic (exact) mass is 234 g/mol. The van der Waals surface area contributed by atoms with E-state index in [2.05, 4.69) is 22.4 Å². The average molecular weight is 234 g/mol. The van der Waals surface area contributed by atoms with Crippen molar-refractivity contribution in [1.82, 2.24) is 15.3 Å². The van der Waals surface area contributed by atoms with Crippen LogP contribution in [0.1, 0.15) is 18.4 Å². The second kappa shape index (κ2) is 4.81. The fraction of sp³-hybridized carbons (Fsp3) is 0.500. The molecule has 0 radical (unpaired) electrons. The third-order valence-corrected chi connectivity index (χ3v) is 3.64. The SMILES string of the molecule is CN1CCC(C(=O)NN)(c2ccncc2)CC1. The van der Waals surface area contributed by atoms with E-state index in [9.17, 15) is 4.79 Å². The Balaban J connectivity index is 2.35. The summed E-state index contributed by atoms with van der Waals surface area (Å²) >= 11 is 0. The Kier molecular flexibility index (Phi) is 3.40. The highest BCUT2D eigenvalue weighted by molar-refractivity contribution is 5.87. The van der Waals surface area contributed by atoms with Gasteiger partial charge in [0.25, 0.3) is 0 Å². The van der Waals surface area contributed by atoms with Crippen molar-refractivity contribution in [3.05, 3.63) is 30.1 Å². The first-order valence-corrected chi connectivity index (χ1v) is 5.79. The summed E-state index contributed by atoms with van der Waals surface area (Å²) < 4.78 is 0. The van der Waals surface area contributed by atoms with Crippen LogP contribution in [-0.4, -0.2) is 35.9 Å². The molecule has 17 heavy (non-hydrogen) atoms. The number of rotatable bonds is 2. The van der Waals surface area contributed by atoms with Gasteiger partial charge in [0.2, 0.25) is 5.91 Å². The quantitative estimate of drug-likeness (QED) is 0.430. The number of hydrogen-bond donors (Lipinski definition) is 2. The minimum absolute atomic E-state index is 0.100. The highest BCUT2D eigenvalue weighted by atomic mass is 16.2. The molecule has 0 atom stereocenters. The van der Waals surface area contributed by atoms with E-state index in [1.54, 1.807) is 12.4 Å². The van der Waals surface area contributed by atoms with Gasteiger partial charge in [0.05, 0.1) is 5.41 Å². The van der Waals surface area contributed by atoms with Crippen molar-refractivity contribution in [2.75, 3.05) is 20.1 Å². The first kappa shape index (κ1) is 12.0. The smallest absolute Gasteiger partial charge is 0.244 e. The van der Waals surface area contributed by atoms with Crippen molar-refractivity contribution in [1.29, 1.82) is 0 Å². The number of likely N-dealkylation sites (tertiary alicyclic amines) is 1. The molecule has 0 spiro atoms. The second-order valence-corrected chi connectivity index (χ2v) is 4.59. The van der Waals surface area contributed by atoms with Gasteiger partial charge in [-0.1, -0.05) is 0 Å². The van der Waals surface area contributed by atoms with Crippen molar-refractivity contribution in [3.63, 3.8) is 0 Å². The molecule has 1 aromatic heterocycles. The molecule has 0 unspecified atom stereocenters. The van der Waals surface area contributed by atoms with Crippen LogP contribution < -0.4 is 11.3 Å². The van der Waals surface area contributed by atoms with E-state index in [1.807, 2.05) is 12.1 Å². The molecular formula is C12H18N4O. The van der Waals surface area contributed by atoms with E-state index in [0.29, 0.717) is 0 Å². The summed E-state index contributed by atoms with van der Waals surface area (Å²) in [6.45, 7) is 1.80. The van der Waals surface area contributed by atoms with Gasteiger partial charge in [0, 0.05) is 12.4 Å². The zero-order valence-electron chi connectivity index (χ0n) is 10.0. The summed E-state index contributed by atoms with van der Waals surface area (Å²) in [7, 11) is 2.07. The van der Waals surface area contributed by atoms with Crippen LogP contribution in [0.4, 0.5) is 0 Å². The minimum atomic E-state index is -0.496. The van der Waals surface area contributed by atoms with Gasteiger partial charge in [-0.3, -0.25) is 15.2 Å². The zero-order chi connectivity index (χ0) is 12.3. The number of carbonyl (C=O) groups is 1. The molecule has 1 fully saturated rings. The standard InChI is InChI=1S/C12H18N4O/c1-16-8-4-12(5-9-16,11(17)15-13)10-2-6-14-7-3-10/h2-3,6-7H,4-5,8-9,13H2,1H3,(H,15,17). The molecule has 1 aliphatic heterocycles. The molecule has 1 aromatic rings. The predicted octanol–water partition coefficient (Wildman–Crippen LogP) is 0.0349. The van der Waals surface area contributed by atoms with Crippen LogP contribution in [0.2, 0.25) is 0 Å². The average Bonchev–Trinajstić information content (AvgIpc) is 2.40. The van der Waals surface area contributed by atoms with Crippen LogP contribution in [0.15, 0.2) is 24.5 Å². The Morgan fingerprint density at radius 2 is 2.00 bits per heavy atom. The van der Waals surface area contributed by atoms with Crippen LogP contribution in [0.25, 0.3) is 0 Å². The topological polar surface area (TPSA) is 71.2 Å². The van der Waals surface area contributed by atoms with Gasteiger partial charge < -0.3 is 4.90 Å². The lowest BCUT2D eigenvalue weighted by Crippen LogP contribution is -2.52. The van der Waals surface area contributed by atoms with Crippen LogP contribution in [0.5, 0.6) is 0 Å². The molecule has 0 bridgehead atoms. The van der Waals surface area contributed by atoms with E-state index in [1.165, 1.54) is 0 Å². The number of piperidine rings is 1. The van der Waals surface area contributed by atoms with Gasteiger partial charge >= 0.3 is 0 Å². The molecule has 1 saturated heterocycles. The summed E-state index contributed by atoms with van der Waals surface area (Å²) in [5.74, 6) is 5.23. The number of nitrogens with zero attached hydrogens (tertiary/aromatic N) is 2. The summed E-state index contributed by atoms with van der Waals surface area (Å²) in [6.07, 6.45) is 5.02. The maximum atomic E-state index is 12.1. The van der Waals surface area contributed by atoms with E-state index in [4.69, 9.17) is 5.84 Å². The number of nitrogens with one attached hydrogen (secondary N) is 1.